The lowest BCUT2D eigenvalue weighted by molar-refractivity contribution is -0.133. The van der Waals surface area contributed by atoms with E-state index in [0.29, 0.717) is 17.1 Å². The zero-order valence-electron chi connectivity index (χ0n) is 10.6. The maximum atomic E-state index is 13.7. The van der Waals surface area contributed by atoms with Gasteiger partial charge in [0.2, 0.25) is 0 Å². The summed E-state index contributed by atoms with van der Waals surface area (Å²) >= 11 is 0. The predicted molar refractivity (Wildman–Crippen MR) is 77.2 cm³/mol. The van der Waals surface area contributed by atoms with Crippen LogP contribution >= 0.6 is 12.4 Å². The van der Waals surface area contributed by atoms with Gasteiger partial charge in [-0.15, -0.1) is 12.4 Å². The Labute approximate surface area is 125 Å². The fourth-order valence-corrected chi connectivity index (χ4v) is 2.05. The van der Waals surface area contributed by atoms with Gasteiger partial charge in [0.15, 0.2) is 0 Å². The van der Waals surface area contributed by atoms with Gasteiger partial charge >= 0.3 is 12.3 Å². The van der Waals surface area contributed by atoms with E-state index >= 15 is 0 Å². The van der Waals surface area contributed by atoms with Crippen LogP contribution in [0.4, 0.5) is 25.8 Å². The summed E-state index contributed by atoms with van der Waals surface area (Å²) in [6.45, 7) is 0. The van der Waals surface area contributed by atoms with Crippen molar-refractivity contribution in [3.8, 4) is 5.75 Å². The molecule has 0 spiro atoms. The molecule has 0 aromatic heterocycles. The second-order valence-electron chi connectivity index (χ2n) is 4.31. The Balaban J connectivity index is 0.00000161. The molecule has 3 rings (SSSR count). The van der Waals surface area contributed by atoms with E-state index in [1.165, 1.54) is 30.3 Å². The van der Waals surface area contributed by atoms with Crippen LogP contribution in [0.15, 0.2) is 42.5 Å². The Morgan fingerprint density at radius 3 is 2.48 bits per heavy atom. The average molecular weight is 313 g/mol. The second-order valence-corrected chi connectivity index (χ2v) is 4.31. The number of benzene rings is 2. The number of ether oxygens (including phenoxy) is 1. The minimum Gasteiger partial charge on any atom is -0.449 e. The molecule has 0 bridgehead atoms. The molecule has 2 aromatic rings. The molecule has 2 aromatic carbocycles. The number of carbonyl (C=O) groups is 1. The Hall–Kier alpha value is -2.34. The van der Waals surface area contributed by atoms with E-state index < -0.39 is 18.1 Å². The normalized spacial score (nSPS) is 16.8. The Kier molecular flexibility index (Phi) is 3.99. The summed E-state index contributed by atoms with van der Waals surface area (Å²) < 4.78 is 31.5. The van der Waals surface area contributed by atoms with Crippen LogP contribution in [0.1, 0.15) is 0 Å². The van der Waals surface area contributed by atoms with Gasteiger partial charge in [-0.1, -0.05) is 0 Å². The molecule has 1 heterocycles. The lowest BCUT2D eigenvalue weighted by Crippen LogP contribution is -2.40. The highest BCUT2D eigenvalue weighted by Gasteiger charge is 2.35. The standard InChI is InChI=1S/C14H10F2N2O2.ClH/c15-8-1-4-10(5-2-8)18-11-6-3-9(17)7-12(11)20-13(16)14(18)19;/h1-7,13H,17H2;1H. The van der Waals surface area contributed by atoms with Crippen LogP contribution in [0.2, 0.25) is 0 Å². The van der Waals surface area contributed by atoms with Crippen LogP contribution in [0, 0.1) is 5.82 Å². The highest BCUT2D eigenvalue weighted by Crippen LogP contribution is 2.40. The summed E-state index contributed by atoms with van der Waals surface area (Å²) in [5.74, 6) is -1.14. The number of hydrogen-bond acceptors (Lipinski definition) is 3. The third-order valence-corrected chi connectivity index (χ3v) is 2.95. The van der Waals surface area contributed by atoms with Crippen molar-refractivity contribution in [1.29, 1.82) is 0 Å². The molecule has 7 heteroatoms. The molecular formula is C14H11ClF2N2O2. The Bertz CT molecular complexity index is 679. The number of alkyl halides is 1. The summed E-state index contributed by atoms with van der Waals surface area (Å²) in [6.07, 6.45) is -2.12. The van der Waals surface area contributed by atoms with Crippen LogP contribution in [0.5, 0.6) is 5.75 Å². The molecule has 0 fully saturated rings. The lowest BCUT2D eigenvalue weighted by atomic mass is 10.1. The van der Waals surface area contributed by atoms with Crippen molar-refractivity contribution < 1.29 is 18.3 Å². The third kappa shape index (κ3) is 2.62. The van der Waals surface area contributed by atoms with E-state index in [0.717, 1.165) is 4.90 Å². The van der Waals surface area contributed by atoms with Crippen molar-refractivity contribution in [2.24, 2.45) is 0 Å². The second kappa shape index (κ2) is 5.57. The van der Waals surface area contributed by atoms with Crippen LogP contribution < -0.4 is 15.4 Å². The number of amides is 1. The minimum absolute atomic E-state index is 0. The number of hydrogen-bond donors (Lipinski definition) is 1. The SMILES string of the molecule is Cl.Nc1ccc2c(c1)OC(F)C(=O)N2c1ccc(F)cc1. The largest absolute Gasteiger partial charge is 0.449 e. The van der Waals surface area contributed by atoms with Gasteiger partial charge in [0.25, 0.3) is 0 Å². The number of nitrogens with two attached hydrogens (primary N) is 1. The maximum absolute atomic E-state index is 13.7. The zero-order valence-corrected chi connectivity index (χ0v) is 11.4. The third-order valence-electron chi connectivity index (χ3n) is 2.95. The molecular weight excluding hydrogens is 302 g/mol. The fraction of sp³-hybridized carbons (Fsp3) is 0.0714. The molecule has 0 saturated heterocycles. The number of carbonyl (C=O) groups excluding carboxylic acids is 1. The quantitative estimate of drug-likeness (QED) is 0.823. The topological polar surface area (TPSA) is 55.6 Å². The van der Waals surface area contributed by atoms with Crippen molar-refractivity contribution in [2.45, 2.75) is 6.36 Å². The first-order chi connectivity index (χ1) is 9.56. The van der Waals surface area contributed by atoms with Crippen LogP contribution in [0.3, 0.4) is 0 Å². The first-order valence-electron chi connectivity index (χ1n) is 5.86. The van der Waals surface area contributed by atoms with Gasteiger partial charge in [-0.05, 0) is 36.4 Å². The molecule has 4 nitrogen and oxygen atoms in total. The summed E-state index contributed by atoms with van der Waals surface area (Å²) in [5.41, 5.74) is 6.72. The summed E-state index contributed by atoms with van der Waals surface area (Å²) in [6, 6.07) is 9.74. The molecule has 0 radical (unpaired) electrons. The van der Waals surface area contributed by atoms with Gasteiger partial charge in [0.1, 0.15) is 11.6 Å². The smallest absolute Gasteiger partial charge is 0.317 e. The van der Waals surface area contributed by atoms with E-state index in [9.17, 15) is 13.6 Å². The summed E-state index contributed by atoms with van der Waals surface area (Å²) in [7, 11) is 0. The number of anilines is 3. The summed E-state index contributed by atoms with van der Waals surface area (Å²) in [5, 5.41) is 0. The van der Waals surface area contributed by atoms with Crippen molar-refractivity contribution in [1.82, 2.24) is 0 Å². The van der Waals surface area contributed by atoms with Crippen molar-refractivity contribution in [3.63, 3.8) is 0 Å². The van der Waals surface area contributed by atoms with E-state index in [2.05, 4.69) is 0 Å². The highest BCUT2D eigenvalue weighted by atomic mass is 35.5. The highest BCUT2D eigenvalue weighted by molar-refractivity contribution is 6.05. The van der Waals surface area contributed by atoms with Crippen LogP contribution in [0.25, 0.3) is 0 Å². The number of fused-ring (bicyclic) bond motifs is 1. The van der Waals surface area contributed by atoms with Gasteiger partial charge in [-0.25, -0.2) is 4.39 Å². The van der Waals surface area contributed by atoms with Gasteiger partial charge in [0.05, 0.1) is 5.69 Å². The molecule has 1 amide bonds. The Morgan fingerprint density at radius 2 is 1.81 bits per heavy atom. The summed E-state index contributed by atoms with van der Waals surface area (Å²) in [4.78, 5) is 13.1. The maximum Gasteiger partial charge on any atom is 0.317 e. The molecule has 0 aliphatic carbocycles. The number of rotatable bonds is 1. The first-order valence-corrected chi connectivity index (χ1v) is 5.86. The van der Waals surface area contributed by atoms with E-state index in [4.69, 9.17) is 10.5 Å². The number of nitrogens with zero attached hydrogens (tertiary/aromatic N) is 1. The molecule has 0 saturated carbocycles. The van der Waals surface area contributed by atoms with Gasteiger partial charge in [0, 0.05) is 17.4 Å². The van der Waals surface area contributed by atoms with Gasteiger partial charge in [-0.3, -0.25) is 9.69 Å². The number of nitrogen functional groups attached to an aromatic ring is 1. The molecule has 1 aliphatic heterocycles. The molecule has 2 N–H and O–H groups in total. The molecule has 1 unspecified atom stereocenters. The van der Waals surface area contributed by atoms with Gasteiger partial charge in [-0.2, -0.15) is 4.39 Å². The lowest BCUT2D eigenvalue weighted by Gasteiger charge is -2.31. The van der Waals surface area contributed by atoms with Crippen LogP contribution in [-0.2, 0) is 4.79 Å². The van der Waals surface area contributed by atoms with E-state index in [1.54, 1.807) is 12.1 Å². The molecule has 1 aliphatic rings. The van der Waals surface area contributed by atoms with Crippen LogP contribution in [-0.4, -0.2) is 12.3 Å². The molecule has 1 atom stereocenters. The monoisotopic (exact) mass is 312 g/mol. The predicted octanol–water partition coefficient (Wildman–Crippen LogP) is 3.18. The minimum atomic E-state index is -2.12. The molecule has 21 heavy (non-hydrogen) atoms. The average Bonchev–Trinajstić information content (AvgIpc) is 2.42. The zero-order chi connectivity index (χ0) is 14.3. The van der Waals surface area contributed by atoms with E-state index in [-0.39, 0.29) is 18.2 Å². The van der Waals surface area contributed by atoms with Gasteiger partial charge < -0.3 is 10.5 Å². The molecule has 110 valence electrons. The van der Waals surface area contributed by atoms with Crippen molar-refractivity contribution in [3.05, 3.63) is 48.3 Å². The van der Waals surface area contributed by atoms with Crippen molar-refractivity contribution in [2.75, 3.05) is 10.6 Å². The first kappa shape index (κ1) is 15.1. The number of halogens is 3. The Morgan fingerprint density at radius 1 is 1.14 bits per heavy atom. The van der Waals surface area contributed by atoms with Crippen molar-refractivity contribution >= 4 is 35.4 Å². The van der Waals surface area contributed by atoms with E-state index in [1.807, 2.05) is 0 Å². The fourth-order valence-electron chi connectivity index (χ4n) is 2.05.